The Labute approximate surface area is 194 Å². The summed E-state index contributed by atoms with van der Waals surface area (Å²) in [6.07, 6.45) is 1.79. The van der Waals surface area contributed by atoms with Crippen LogP contribution in [0.15, 0.2) is 66.4 Å². The summed E-state index contributed by atoms with van der Waals surface area (Å²) in [5.41, 5.74) is 5.26. The Morgan fingerprint density at radius 1 is 0.970 bits per heavy atom. The number of para-hydroxylation sites is 1. The minimum atomic E-state index is -0.126. The first-order valence-corrected chi connectivity index (χ1v) is 11.4. The largest absolute Gasteiger partial charge is 0.507 e. The van der Waals surface area contributed by atoms with Crippen LogP contribution in [0.2, 0.25) is 0 Å². The molecular formula is C28H28N2O3. The Kier molecular flexibility index (Phi) is 5.65. The molecule has 2 aliphatic rings. The summed E-state index contributed by atoms with van der Waals surface area (Å²) in [7, 11) is 0. The fraction of sp³-hybridized carbons (Fsp3) is 0.250. The van der Waals surface area contributed by atoms with Crippen molar-refractivity contribution in [1.29, 1.82) is 0 Å². The topological polar surface area (TPSA) is 53.0 Å². The lowest BCUT2D eigenvalue weighted by molar-refractivity contribution is 0.101. The number of phenolic OH excluding ortho intramolecular Hbond substituents is 1. The van der Waals surface area contributed by atoms with E-state index in [1.807, 2.05) is 44.2 Å². The number of ether oxygens (including phenoxy) is 1. The molecule has 0 spiro atoms. The smallest absolute Gasteiger partial charge is 0.232 e. The predicted octanol–water partition coefficient (Wildman–Crippen LogP) is 4.95. The molecule has 2 aliphatic heterocycles. The van der Waals surface area contributed by atoms with Gasteiger partial charge in [0.15, 0.2) is 5.76 Å². The Bertz CT molecular complexity index is 1230. The highest BCUT2D eigenvalue weighted by Crippen LogP contribution is 2.42. The molecule has 0 amide bonds. The van der Waals surface area contributed by atoms with Crippen LogP contribution in [0.1, 0.15) is 32.6 Å². The number of ketones is 1. The van der Waals surface area contributed by atoms with E-state index in [-0.39, 0.29) is 11.5 Å². The van der Waals surface area contributed by atoms with Crippen LogP contribution in [0, 0.1) is 13.8 Å². The highest BCUT2D eigenvalue weighted by Gasteiger charge is 2.34. The number of phenols is 1. The number of benzene rings is 3. The van der Waals surface area contributed by atoms with Gasteiger partial charge in [0.1, 0.15) is 11.5 Å². The maximum atomic E-state index is 13.2. The maximum absolute atomic E-state index is 13.2. The van der Waals surface area contributed by atoms with Crippen LogP contribution in [-0.2, 0) is 6.54 Å². The number of hydrogen-bond acceptors (Lipinski definition) is 5. The van der Waals surface area contributed by atoms with Gasteiger partial charge in [-0.25, -0.2) is 0 Å². The van der Waals surface area contributed by atoms with Crippen LogP contribution < -0.4 is 9.64 Å². The van der Waals surface area contributed by atoms with Crippen molar-refractivity contribution in [3.05, 3.63) is 94.2 Å². The summed E-state index contributed by atoms with van der Waals surface area (Å²) >= 11 is 0. The van der Waals surface area contributed by atoms with Crippen molar-refractivity contribution >= 4 is 17.5 Å². The van der Waals surface area contributed by atoms with Crippen molar-refractivity contribution < 1.29 is 14.6 Å². The number of nitrogens with zero attached hydrogens (tertiary/aromatic N) is 2. The lowest BCUT2D eigenvalue weighted by Crippen LogP contribution is -2.46. The third-order valence-electron chi connectivity index (χ3n) is 6.44. The number of hydrogen-bond donors (Lipinski definition) is 1. The van der Waals surface area contributed by atoms with Gasteiger partial charge in [-0.1, -0.05) is 48.0 Å². The molecule has 2 heterocycles. The summed E-state index contributed by atoms with van der Waals surface area (Å²) in [5, 5.41) is 10.8. The summed E-state index contributed by atoms with van der Waals surface area (Å²) in [6, 6.07) is 20.1. The number of fused-ring (bicyclic) bond motifs is 1. The van der Waals surface area contributed by atoms with Gasteiger partial charge in [-0.15, -0.1) is 0 Å². The molecule has 0 atom stereocenters. The van der Waals surface area contributed by atoms with E-state index in [9.17, 15) is 9.90 Å². The standard InChI is InChI=1S/C28H28N2O3/c1-19-7-6-8-21(15-19)17-25-27(32)26-20(2)16-24(31)23(28(26)33-25)18-29-11-13-30(14-12-29)22-9-4-3-5-10-22/h3-10,15-17,31H,11-14,18H2,1-2H3/b25-17-. The average Bonchev–Trinajstić information content (AvgIpc) is 3.14. The molecular weight excluding hydrogens is 412 g/mol. The predicted molar refractivity (Wildman–Crippen MR) is 131 cm³/mol. The van der Waals surface area contributed by atoms with Gasteiger partial charge in [0.25, 0.3) is 0 Å². The Morgan fingerprint density at radius 2 is 1.73 bits per heavy atom. The number of aromatic hydroxyl groups is 1. The van der Waals surface area contributed by atoms with Crippen molar-refractivity contribution in [3.8, 4) is 11.5 Å². The lowest BCUT2D eigenvalue weighted by atomic mass is 9.99. The molecule has 5 heteroatoms. The molecule has 33 heavy (non-hydrogen) atoms. The molecule has 0 saturated carbocycles. The van der Waals surface area contributed by atoms with Gasteiger partial charge in [0.2, 0.25) is 5.78 Å². The number of allylic oxidation sites excluding steroid dienone is 1. The van der Waals surface area contributed by atoms with E-state index in [4.69, 9.17) is 4.74 Å². The molecule has 0 radical (unpaired) electrons. The van der Waals surface area contributed by atoms with Crippen LogP contribution in [0.5, 0.6) is 11.5 Å². The summed E-state index contributed by atoms with van der Waals surface area (Å²) < 4.78 is 6.10. The van der Waals surface area contributed by atoms with Crippen molar-refractivity contribution in [1.82, 2.24) is 4.90 Å². The van der Waals surface area contributed by atoms with Gasteiger partial charge in [-0.3, -0.25) is 9.69 Å². The van der Waals surface area contributed by atoms with Gasteiger partial charge in [0, 0.05) is 38.4 Å². The molecule has 1 N–H and O–H groups in total. The number of anilines is 1. The SMILES string of the molecule is Cc1cccc(/C=C2\Oc3c(CN4CCN(c5ccccc5)CC4)c(O)cc(C)c3C2=O)c1. The number of carbonyl (C=O) groups excluding carboxylic acids is 1. The Morgan fingerprint density at radius 3 is 2.45 bits per heavy atom. The molecule has 5 nitrogen and oxygen atoms in total. The molecule has 3 aromatic rings. The molecule has 0 aliphatic carbocycles. The first-order valence-electron chi connectivity index (χ1n) is 11.4. The molecule has 0 aromatic heterocycles. The minimum Gasteiger partial charge on any atom is -0.507 e. The first-order chi connectivity index (χ1) is 16.0. The highest BCUT2D eigenvalue weighted by atomic mass is 16.5. The highest BCUT2D eigenvalue weighted by molar-refractivity contribution is 6.15. The van der Waals surface area contributed by atoms with E-state index in [0.29, 0.717) is 29.2 Å². The zero-order chi connectivity index (χ0) is 22.9. The van der Waals surface area contributed by atoms with E-state index >= 15 is 0 Å². The van der Waals surface area contributed by atoms with Crippen LogP contribution >= 0.6 is 0 Å². The molecule has 1 fully saturated rings. The van der Waals surface area contributed by atoms with E-state index in [1.54, 1.807) is 12.1 Å². The van der Waals surface area contributed by atoms with E-state index in [1.165, 1.54) is 5.69 Å². The zero-order valence-electron chi connectivity index (χ0n) is 19.0. The van der Waals surface area contributed by atoms with Gasteiger partial charge < -0.3 is 14.7 Å². The summed E-state index contributed by atoms with van der Waals surface area (Å²) in [5.74, 6) is 0.863. The monoisotopic (exact) mass is 440 g/mol. The lowest BCUT2D eigenvalue weighted by Gasteiger charge is -2.36. The number of piperazine rings is 1. The minimum absolute atomic E-state index is 0.126. The molecule has 5 rings (SSSR count). The van der Waals surface area contributed by atoms with Gasteiger partial charge in [-0.05, 0) is 49.2 Å². The fourth-order valence-corrected chi connectivity index (χ4v) is 4.67. The molecule has 1 saturated heterocycles. The Balaban J connectivity index is 1.37. The van der Waals surface area contributed by atoms with Crippen LogP contribution in [0.3, 0.4) is 0 Å². The zero-order valence-corrected chi connectivity index (χ0v) is 19.0. The molecule has 0 unspecified atom stereocenters. The van der Waals surface area contributed by atoms with Gasteiger partial charge in [-0.2, -0.15) is 0 Å². The van der Waals surface area contributed by atoms with Gasteiger partial charge >= 0.3 is 0 Å². The molecule has 168 valence electrons. The average molecular weight is 441 g/mol. The second kappa shape index (κ2) is 8.75. The Hall–Kier alpha value is -3.57. The molecule has 0 bridgehead atoms. The summed E-state index contributed by atoms with van der Waals surface area (Å²) in [6.45, 7) is 7.98. The number of carbonyl (C=O) groups is 1. The normalized spacial score (nSPS) is 17.3. The number of aryl methyl sites for hydroxylation is 2. The fourth-order valence-electron chi connectivity index (χ4n) is 4.67. The van der Waals surface area contributed by atoms with E-state index in [2.05, 4.69) is 34.1 Å². The quantitative estimate of drug-likeness (QED) is 0.582. The van der Waals surface area contributed by atoms with Crippen molar-refractivity contribution in [2.24, 2.45) is 0 Å². The van der Waals surface area contributed by atoms with Crippen LogP contribution in [0.25, 0.3) is 6.08 Å². The second-order valence-electron chi connectivity index (χ2n) is 8.85. The van der Waals surface area contributed by atoms with Gasteiger partial charge in [0.05, 0.1) is 11.1 Å². The molecule has 3 aromatic carbocycles. The van der Waals surface area contributed by atoms with E-state index in [0.717, 1.165) is 42.9 Å². The van der Waals surface area contributed by atoms with Crippen LogP contribution in [-0.4, -0.2) is 42.0 Å². The maximum Gasteiger partial charge on any atom is 0.232 e. The van der Waals surface area contributed by atoms with Crippen molar-refractivity contribution in [3.63, 3.8) is 0 Å². The third-order valence-corrected chi connectivity index (χ3v) is 6.44. The first kappa shape index (κ1) is 21.3. The van der Waals surface area contributed by atoms with Crippen molar-refractivity contribution in [2.75, 3.05) is 31.1 Å². The van der Waals surface area contributed by atoms with Crippen molar-refractivity contribution in [2.45, 2.75) is 20.4 Å². The summed E-state index contributed by atoms with van der Waals surface area (Å²) in [4.78, 5) is 17.8. The third kappa shape index (κ3) is 4.24. The number of rotatable bonds is 4. The van der Waals surface area contributed by atoms with Crippen LogP contribution in [0.4, 0.5) is 5.69 Å². The second-order valence-corrected chi connectivity index (χ2v) is 8.85. The van der Waals surface area contributed by atoms with E-state index < -0.39 is 0 Å². The number of Topliss-reactive ketones (excluding diaryl/α,β-unsaturated/α-hetero) is 1.